The second-order valence-electron chi connectivity index (χ2n) is 9.19. The number of hydrogen-bond donors (Lipinski definition) is 1. The Hall–Kier alpha value is -0.810. The van der Waals surface area contributed by atoms with E-state index in [0.29, 0.717) is 11.9 Å². The fourth-order valence-corrected chi connectivity index (χ4v) is 5.47. The lowest BCUT2D eigenvalue weighted by Crippen LogP contribution is -2.48. The van der Waals surface area contributed by atoms with E-state index in [2.05, 4.69) is 40.1 Å². The quantitative estimate of drug-likeness (QED) is 0.749. The maximum Gasteiger partial charge on any atom is 0.223 e. The molecule has 6 heteroatoms. The van der Waals surface area contributed by atoms with Crippen LogP contribution in [0.3, 0.4) is 0 Å². The molecule has 1 spiro atoms. The van der Waals surface area contributed by atoms with Crippen LogP contribution in [0, 0.1) is 5.41 Å². The summed E-state index contributed by atoms with van der Waals surface area (Å²) in [6, 6.07) is 11.8. The van der Waals surface area contributed by atoms with Gasteiger partial charge in [0.2, 0.25) is 5.91 Å². The second kappa shape index (κ2) is 11.0. The monoisotopic (exact) mass is 441 g/mol. The molecule has 164 valence electrons. The third-order valence-corrected chi connectivity index (χ3v) is 7.26. The van der Waals surface area contributed by atoms with E-state index in [1.54, 1.807) is 0 Å². The largest absolute Gasteiger partial charge is 0.342 e. The molecule has 29 heavy (non-hydrogen) atoms. The van der Waals surface area contributed by atoms with Gasteiger partial charge in [-0.1, -0.05) is 30.3 Å². The van der Waals surface area contributed by atoms with Crippen molar-refractivity contribution in [3.8, 4) is 0 Å². The molecule has 3 aliphatic rings. The molecule has 2 N–H and O–H groups in total. The molecular weight excluding hydrogens is 405 g/mol. The minimum Gasteiger partial charge on any atom is -0.342 e. The van der Waals surface area contributed by atoms with Crippen LogP contribution in [0.2, 0.25) is 0 Å². The number of carbonyl (C=O) groups is 1. The Morgan fingerprint density at radius 1 is 1.00 bits per heavy atom. The molecule has 4 nitrogen and oxygen atoms in total. The molecule has 2 saturated heterocycles. The highest BCUT2D eigenvalue weighted by atomic mass is 35.5. The summed E-state index contributed by atoms with van der Waals surface area (Å²) in [5.41, 5.74) is 7.70. The van der Waals surface area contributed by atoms with Gasteiger partial charge in [0, 0.05) is 31.6 Å². The van der Waals surface area contributed by atoms with Gasteiger partial charge in [-0.15, -0.1) is 24.8 Å². The summed E-state index contributed by atoms with van der Waals surface area (Å²) in [6.45, 7) is 4.25. The number of likely N-dealkylation sites (tertiary alicyclic amines) is 2. The van der Waals surface area contributed by atoms with Crippen LogP contribution >= 0.6 is 24.8 Å². The van der Waals surface area contributed by atoms with Crippen molar-refractivity contribution < 1.29 is 4.79 Å². The molecule has 1 aromatic carbocycles. The van der Waals surface area contributed by atoms with E-state index in [1.165, 1.54) is 57.2 Å². The van der Waals surface area contributed by atoms with E-state index in [0.717, 1.165) is 38.4 Å². The number of nitrogens with zero attached hydrogens (tertiary/aromatic N) is 2. The maximum atomic E-state index is 12.6. The zero-order valence-electron chi connectivity index (χ0n) is 17.4. The zero-order valence-corrected chi connectivity index (χ0v) is 19.1. The van der Waals surface area contributed by atoms with Crippen LogP contribution in [0.15, 0.2) is 30.3 Å². The summed E-state index contributed by atoms with van der Waals surface area (Å²) in [5.74, 6) is 0.389. The summed E-state index contributed by atoms with van der Waals surface area (Å²) >= 11 is 0. The topological polar surface area (TPSA) is 49.6 Å². The number of aryl methyl sites for hydroxylation is 1. The Labute approximate surface area is 188 Å². The molecule has 1 amide bonds. The molecule has 0 atom stereocenters. The Morgan fingerprint density at radius 3 is 2.31 bits per heavy atom. The van der Waals surface area contributed by atoms with Gasteiger partial charge < -0.3 is 15.5 Å². The van der Waals surface area contributed by atoms with Gasteiger partial charge in [-0.25, -0.2) is 0 Å². The number of piperidine rings is 1. The lowest BCUT2D eigenvalue weighted by Gasteiger charge is -2.44. The van der Waals surface area contributed by atoms with E-state index in [-0.39, 0.29) is 30.2 Å². The number of hydrogen-bond acceptors (Lipinski definition) is 3. The highest BCUT2D eigenvalue weighted by Crippen LogP contribution is 2.42. The highest BCUT2D eigenvalue weighted by Gasteiger charge is 2.45. The number of nitrogens with two attached hydrogens (primary N) is 1. The first-order valence-electron chi connectivity index (χ1n) is 10.9. The summed E-state index contributed by atoms with van der Waals surface area (Å²) in [7, 11) is 0. The lowest BCUT2D eigenvalue weighted by molar-refractivity contribution is -0.127. The minimum atomic E-state index is 0. The van der Waals surface area contributed by atoms with Gasteiger partial charge in [-0.2, -0.15) is 0 Å². The smallest absolute Gasteiger partial charge is 0.223 e. The average molecular weight is 442 g/mol. The first kappa shape index (κ1) is 24.5. The molecule has 2 heterocycles. The van der Waals surface area contributed by atoms with Gasteiger partial charge in [-0.3, -0.25) is 4.79 Å². The summed E-state index contributed by atoms with van der Waals surface area (Å²) in [4.78, 5) is 17.5. The Morgan fingerprint density at radius 2 is 1.66 bits per heavy atom. The predicted octanol–water partition coefficient (Wildman–Crippen LogP) is 4.05. The van der Waals surface area contributed by atoms with Crippen LogP contribution in [-0.4, -0.2) is 54.0 Å². The third-order valence-electron chi connectivity index (χ3n) is 7.26. The van der Waals surface area contributed by atoms with Crippen LogP contribution in [-0.2, 0) is 11.2 Å². The molecule has 3 fully saturated rings. The van der Waals surface area contributed by atoms with Crippen molar-refractivity contribution in [2.45, 2.75) is 69.9 Å². The van der Waals surface area contributed by atoms with Crippen molar-refractivity contribution >= 4 is 30.7 Å². The molecule has 0 aromatic heterocycles. The SMILES string of the molecule is Cl.Cl.NC1CCC(N2CCC3(CC2)CC(=O)N(CCCc2ccccc2)C3)CC1. The molecule has 0 radical (unpaired) electrons. The number of halogens is 2. The summed E-state index contributed by atoms with van der Waals surface area (Å²) in [5, 5.41) is 0. The zero-order chi connectivity index (χ0) is 18.7. The highest BCUT2D eigenvalue weighted by molar-refractivity contribution is 5.85. The van der Waals surface area contributed by atoms with Gasteiger partial charge in [0.05, 0.1) is 0 Å². The average Bonchev–Trinajstić information content (AvgIpc) is 2.99. The van der Waals surface area contributed by atoms with E-state index < -0.39 is 0 Å². The Balaban J connectivity index is 0.00000150. The van der Waals surface area contributed by atoms with E-state index in [4.69, 9.17) is 5.73 Å². The van der Waals surface area contributed by atoms with Crippen LogP contribution < -0.4 is 5.73 Å². The summed E-state index contributed by atoms with van der Waals surface area (Å²) in [6.07, 6.45) is 10.2. The van der Waals surface area contributed by atoms with Crippen molar-refractivity contribution in [3.05, 3.63) is 35.9 Å². The second-order valence-corrected chi connectivity index (χ2v) is 9.19. The number of benzene rings is 1. The van der Waals surface area contributed by atoms with Crippen LogP contribution in [0.25, 0.3) is 0 Å². The normalized spacial score (nSPS) is 26.8. The Bertz CT molecular complexity index is 626. The molecule has 1 aliphatic carbocycles. The molecule has 4 rings (SSSR count). The minimum absolute atomic E-state index is 0. The van der Waals surface area contributed by atoms with E-state index >= 15 is 0 Å². The molecule has 2 aliphatic heterocycles. The van der Waals surface area contributed by atoms with Gasteiger partial charge in [0.25, 0.3) is 0 Å². The number of carbonyl (C=O) groups excluding carboxylic acids is 1. The standard InChI is InChI=1S/C23H35N3O.2ClH/c24-20-8-10-21(11-9-20)25-15-12-23(13-16-25)17-22(27)26(18-23)14-4-7-19-5-2-1-3-6-19;;/h1-3,5-6,20-21H,4,7-18,24H2;2*1H. The number of rotatable bonds is 5. The molecule has 1 saturated carbocycles. The molecule has 1 aromatic rings. The third kappa shape index (κ3) is 6.10. The van der Waals surface area contributed by atoms with Gasteiger partial charge in [0.1, 0.15) is 0 Å². The van der Waals surface area contributed by atoms with Crippen LogP contribution in [0.1, 0.15) is 56.9 Å². The maximum absolute atomic E-state index is 12.6. The van der Waals surface area contributed by atoms with Crippen molar-refractivity contribution in [1.29, 1.82) is 0 Å². The van der Waals surface area contributed by atoms with Crippen molar-refractivity contribution in [2.75, 3.05) is 26.2 Å². The van der Waals surface area contributed by atoms with Crippen LogP contribution in [0.4, 0.5) is 0 Å². The first-order valence-corrected chi connectivity index (χ1v) is 10.9. The molecule has 0 unspecified atom stereocenters. The van der Waals surface area contributed by atoms with Gasteiger partial charge in [-0.05, 0) is 75.4 Å². The van der Waals surface area contributed by atoms with E-state index in [9.17, 15) is 4.79 Å². The van der Waals surface area contributed by atoms with Crippen molar-refractivity contribution in [3.63, 3.8) is 0 Å². The predicted molar refractivity (Wildman–Crippen MR) is 124 cm³/mol. The van der Waals surface area contributed by atoms with Crippen molar-refractivity contribution in [1.82, 2.24) is 9.80 Å². The lowest BCUT2D eigenvalue weighted by atomic mass is 9.76. The number of amides is 1. The summed E-state index contributed by atoms with van der Waals surface area (Å²) < 4.78 is 0. The van der Waals surface area contributed by atoms with Gasteiger partial charge >= 0.3 is 0 Å². The molecule has 0 bridgehead atoms. The van der Waals surface area contributed by atoms with Crippen LogP contribution in [0.5, 0.6) is 0 Å². The fourth-order valence-electron chi connectivity index (χ4n) is 5.47. The molecular formula is C23H37Cl2N3O. The fraction of sp³-hybridized carbons (Fsp3) is 0.696. The van der Waals surface area contributed by atoms with Gasteiger partial charge in [0.15, 0.2) is 0 Å². The van der Waals surface area contributed by atoms with E-state index in [1.807, 2.05) is 0 Å². The first-order chi connectivity index (χ1) is 13.1. The van der Waals surface area contributed by atoms with Crippen molar-refractivity contribution in [2.24, 2.45) is 11.1 Å². The Kier molecular flexibility index (Phi) is 9.27.